The van der Waals surface area contributed by atoms with E-state index in [1.54, 1.807) is 23.7 Å². The number of H-pyrrole nitrogens is 1. The van der Waals surface area contributed by atoms with E-state index < -0.39 is 0 Å². The van der Waals surface area contributed by atoms with Crippen molar-refractivity contribution in [3.05, 3.63) is 58.3 Å². The molecule has 5 heterocycles. The topological polar surface area (TPSA) is 90.0 Å². The van der Waals surface area contributed by atoms with Gasteiger partial charge in [0.1, 0.15) is 11.5 Å². The van der Waals surface area contributed by atoms with Crippen LogP contribution in [0.15, 0.2) is 42.0 Å². The van der Waals surface area contributed by atoms with Gasteiger partial charge in [0.2, 0.25) is 0 Å². The molecule has 168 valence electrons. The van der Waals surface area contributed by atoms with E-state index in [4.69, 9.17) is 0 Å². The van der Waals surface area contributed by atoms with Gasteiger partial charge in [0, 0.05) is 59.6 Å². The molecule has 2 N–H and O–H groups in total. The number of hydrogen-bond donors (Lipinski definition) is 2. The van der Waals surface area contributed by atoms with Crippen molar-refractivity contribution >= 4 is 34.0 Å². The maximum atomic E-state index is 13.0. The molecule has 0 radical (unpaired) electrons. The molecule has 6 rings (SSSR count). The molecule has 1 saturated heterocycles. The van der Waals surface area contributed by atoms with Crippen LogP contribution in [0, 0.1) is 6.92 Å². The summed E-state index contributed by atoms with van der Waals surface area (Å²) in [4.78, 5) is 27.5. The smallest absolute Gasteiger partial charge is 0.316 e. The number of carbonyl (C=O) groups excluding carboxylic acids is 1. The molecule has 33 heavy (non-hydrogen) atoms. The minimum absolute atomic E-state index is 0.0171. The van der Waals surface area contributed by atoms with Gasteiger partial charge in [-0.25, -0.2) is 14.8 Å². The maximum Gasteiger partial charge on any atom is 0.322 e. The molecular weight excluding hydrogens is 434 g/mol. The van der Waals surface area contributed by atoms with Crippen LogP contribution in [0.1, 0.15) is 29.1 Å². The van der Waals surface area contributed by atoms with E-state index in [0.29, 0.717) is 6.54 Å². The number of anilines is 1. The Morgan fingerprint density at radius 2 is 2.12 bits per heavy atom. The maximum absolute atomic E-state index is 13.0. The van der Waals surface area contributed by atoms with Crippen LogP contribution in [0.3, 0.4) is 0 Å². The Bertz CT molecular complexity index is 1300. The Hall–Kier alpha value is -3.30. The highest BCUT2D eigenvalue weighted by Gasteiger charge is 2.32. The van der Waals surface area contributed by atoms with Crippen LogP contribution >= 0.6 is 11.3 Å². The predicted octanol–water partition coefficient (Wildman–Crippen LogP) is 4.40. The minimum Gasteiger partial charge on any atom is -0.316 e. The van der Waals surface area contributed by atoms with Gasteiger partial charge in [-0.2, -0.15) is 5.10 Å². The van der Waals surface area contributed by atoms with Gasteiger partial charge in [0.15, 0.2) is 0 Å². The zero-order valence-electron chi connectivity index (χ0n) is 18.4. The van der Waals surface area contributed by atoms with Crippen molar-refractivity contribution in [2.24, 2.45) is 0 Å². The van der Waals surface area contributed by atoms with Crippen molar-refractivity contribution in [1.29, 1.82) is 0 Å². The Morgan fingerprint density at radius 1 is 1.24 bits per heavy atom. The number of fused-ring (bicyclic) bond motifs is 2. The third-order valence-electron chi connectivity index (χ3n) is 6.57. The number of benzene rings is 1. The van der Waals surface area contributed by atoms with Gasteiger partial charge in [-0.15, -0.1) is 11.3 Å². The van der Waals surface area contributed by atoms with E-state index in [-0.39, 0.29) is 12.1 Å². The molecular formula is C24H25N7OS. The second-order valence-corrected chi connectivity index (χ2v) is 9.85. The number of thiophene rings is 1. The summed E-state index contributed by atoms with van der Waals surface area (Å²) in [6.07, 6.45) is 5.74. The highest BCUT2D eigenvalue weighted by molar-refractivity contribution is 7.09. The van der Waals surface area contributed by atoms with Crippen LogP contribution in [0.4, 0.5) is 10.5 Å². The summed E-state index contributed by atoms with van der Waals surface area (Å²) in [5.74, 6) is 0.731. The molecule has 9 heteroatoms. The van der Waals surface area contributed by atoms with E-state index >= 15 is 0 Å². The molecule has 1 aromatic carbocycles. The largest absolute Gasteiger partial charge is 0.322 e. The molecule has 0 saturated carbocycles. The Morgan fingerprint density at radius 3 is 2.94 bits per heavy atom. The lowest BCUT2D eigenvalue weighted by Crippen LogP contribution is -2.52. The number of carbonyl (C=O) groups is 1. The molecule has 2 aliphatic heterocycles. The lowest BCUT2D eigenvalue weighted by Gasteiger charge is -2.41. The molecule has 4 aromatic rings. The number of rotatable bonds is 4. The number of aromatic nitrogens is 4. The summed E-state index contributed by atoms with van der Waals surface area (Å²) in [5, 5.41) is 13.8. The van der Waals surface area contributed by atoms with Gasteiger partial charge < -0.3 is 10.2 Å². The average Bonchev–Trinajstić information content (AvgIpc) is 3.48. The van der Waals surface area contributed by atoms with Crippen LogP contribution in [0.2, 0.25) is 0 Å². The van der Waals surface area contributed by atoms with E-state index in [9.17, 15) is 4.79 Å². The number of hydrogen-bond acceptors (Lipinski definition) is 6. The summed E-state index contributed by atoms with van der Waals surface area (Å²) < 4.78 is 0. The molecule has 0 unspecified atom stereocenters. The first-order valence-corrected chi connectivity index (χ1v) is 12.1. The van der Waals surface area contributed by atoms with Crippen molar-refractivity contribution < 1.29 is 4.79 Å². The van der Waals surface area contributed by atoms with Crippen LogP contribution in [-0.4, -0.2) is 55.1 Å². The van der Waals surface area contributed by atoms with Crippen molar-refractivity contribution in [2.45, 2.75) is 38.9 Å². The fourth-order valence-corrected chi connectivity index (χ4v) is 5.63. The van der Waals surface area contributed by atoms with E-state index in [0.717, 1.165) is 71.7 Å². The second kappa shape index (κ2) is 8.24. The normalized spacial score (nSPS) is 19.0. The number of piperidine rings is 1. The van der Waals surface area contributed by atoms with Crippen molar-refractivity contribution in [2.75, 3.05) is 18.4 Å². The van der Waals surface area contributed by atoms with Gasteiger partial charge in [0.05, 0.1) is 5.52 Å². The van der Waals surface area contributed by atoms with Crippen LogP contribution in [0.25, 0.3) is 22.2 Å². The standard InChI is InChI=1S/C24H25N7OS/c1-15-25-10-17(11-26-15)23-20-8-16-12-31(24(32)27-21(16)9-22(20)28-29-23)18-4-2-6-30(13-18)14-19-5-3-7-33-19/h3,5,7-11,18H,2,4,6,12-14H2,1H3,(H,27,32)(H,28,29)/t18-/m1/s1. The number of nitrogens with one attached hydrogen (secondary N) is 2. The van der Waals surface area contributed by atoms with Crippen LogP contribution < -0.4 is 5.32 Å². The summed E-state index contributed by atoms with van der Waals surface area (Å²) in [7, 11) is 0. The second-order valence-electron chi connectivity index (χ2n) is 8.81. The average molecular weight is 460 g/mol. The van der Waals surface area contributed by atoms with Crippen molar-refractivity contribution in [3.8, 4) is 11.3 Å². The van der Waals surface area contributed by atoms with E-state index in [2.05, 4.69) is 54.0 Å². The van der Waals surface area contributed by atoms with Crippen molar-refractivity contribution in [1.82, 2.24) is 30.0 Å². The highest BCUT2D eigenvalue weighted by Crippen LogP contribution is 2.34. The third kappa shape index (κ3) is 3.87. The first-order chi connectivity index (χ1) is 16.1. The number of nitrogens with zero attached hydrogens (tertiary/aromatic N) is 5. The minimum atomic E-state index is -0.0171. The zero-order valence-corrected chi connectivity index (χ0v) is 19.2. The number of likely N-dealkylation sites (tertiary alicyclic amines) is 1. The fraction of sp³-hybridized carbons (Fsp3) is 0.333. The van der Waals surface area contributed by atoms with E-state index in [1.807, 2.05) is 17.9 Å². The lowest BCUT2D eigenvalue weighted by molar-refractivity contribution is 0.109. The third-order valence-corrected chi connectivity index (χ3v) is 7.43. The number of aryl methyl sites for hydroxylation is 1. The molecule has 8 nitrogen and oxygen atoms in total. The summed E-state index contributed by atoms with van der Waals surface area (Å²) in [6.45, 7) is 5.41. The summed E-state index contributed by atoms with van der Waals surface area (Å²) in [6, 6.07) is 8.60. The molecule has 1 atom stereocenters. The summed E-state index contributed by atoms with van der Waals surface area (Å²) in [5.41, 5.74) is 4.55. The highest BCUT2D eigenvalue weighted by atomic mass is 32.1. The Balaban J connectivity index is 1.27. The first kappa shape index (κ1) is 20.3. The van der Waals surface area contributed by atoms with E-state index in [1.165, 1.54) is 4.88 Å². The Labute approximate surface area is 195 Å². The number of urea groups is 1. The number of aromatic amines is 1. The lowest BCUT2D eigenvalue weighted by atomic mass is 10.00. The van der Waals surface area contributed by atoms with Crippen LogP contribution in [0.5, 0.6) is 0 Å². The molecule has 1 fully saturated rings. The van der Waals surface area contributed by atoms with Gasteiger partial charge in [-0.1, -0.05) is 6.07 Å². The van der Waals surface area contributed by atoms with Gasteiger partial charge in [-0.05, 0) is 55.5 Å². The van der Waals surface area contributed by atoms with Crippen LogP contribution in [-0.2, 0) is 13.1 Å². The quantitative estimate of drug-likeness (QED) is 0.472. The van der Waals surface area contributed by atoms with Gasteiger partial charge in [0.25, 0.3) is 0 Å². The molecule has 2 amide bonds. The van der Waals surface area contributed by atoms with Gasteiger partial charge in [-0.3, -0.25) is 10.00 Å². The monoisotopic (exact) mass is 459 g/mol. The molecule has 2 aliphatic rings. The van der Waals surface area contributed by atoms with Gasteiger partial charge >= 0.3 is 6.03 Å². The SMILES string of the molecule is Cc1ncc(-c2n[nH]c3cc4c(cc23)CN([C@@H]2CCCN(Cc3cccs3)C2)C(=O)N4)cn1. The predicted molar refractivity (Wildman–Crippen MR) is 129 cm³/mol. The summed E-state index contributed by atoms with van der Waals surface area (Å²) >= 11 is 1.79. The first-order valence-electron chi connectivity index (χ1n) is 11.3. The molecule has 0 spiro atoms. The molecule has 0 aliphatic carbocycles. The molecule has 3 aromatic heterocycles. The Kier molecular flexibility index (Phi) is 5.07. The van der Waals surface area contributed by atoms with Crippen molar-refractivity contribution in [3.63, 3.8) is 0 Å². The zero-order chi connectivity index (χ0) is 22.4. The molecule has 0 bridgehead atoms. The fourth-order valence-electron chi connectivity index (χ4n) is 4.88. The number of amides is 2.